The number of hydrogen-bond acceptors (Lipinski definition) is 6. The Kier molecular flexibility index (Phi) is 6.66. The number of nitrogens with one attached hydrogen (secondary N) is 3. The summed E-state index contributed by atoms with van der Waals surface area (Å²) in [6.45, 7) is 1.15. The van der Waals surface area contributed by atoms with Crippen molar-refractivity contribution >= 4 is 49.1 Å². The standard InChI is InChI=1S/C23H24ClN3O5S/c1-33(30,31)27-22-10-14(2-7-19(22)24)23(29)13-25-8-9-32-16-4-6-18-17-5-3-15(28)11-20(17)26-21(18)12-16/h2-7,10-12,23,25-29H,8-9,13H2,1H3/t23-/m1/s1. The molecule has 4 rings (SSSR count). The van der Waals surface area contributed by atoms with E-state index in [9.17, 15) is 18.6 Å². The lowest BCUT2D eigenvalue weighted by Crippen LogP contribution is -2.26. The van der Waals surface area contributed by atoms with Crippen LogP contribution in [0.2, 0.25) is 5.02 Å². The Morgan fingerprint density at radius 3 is 2.55 bits per heavy atom. The summed E-state index contributed by atoms with van der Waals surface area (Å²) in [7, 11) is -3.48. The number of anilines is 1. The molecule has 1 aromatic heterocycles. The van der Waals surface area contributed by atoms with E-state index in [2.05, 4.69) is 15.0 Å². The molecule has 0 fully saturated rings. The first-order valence-electron chi connectivity index (χ1n) is 10.2. The lowest BCUT2D eigenvalue weighted by atomic mass is 10.1. The molecule has 33 heavy (non-hydrogen) atoms. The number of phenolic OH excluding ortho intramolecular Hbond substituents is 1. The summed E-state index contributed by atoms with van der Waals surface area (Å²) < 4.78 is 31.1. The molecule has 1 heterocycles. The average molecular weight is 490 g/mol. The number of benzene rings is 3. The van der Waals surface area contributed by atoms with Gasteiger partial charge in [-0.25, -0.2) is 8.42 Å². The number of phenols is 1. The molecule has 8 nitrogen and oxygen atoms in total. The lowest BCUT2D eigenvalue weighted by Gasteiger charge is -2.15. The molecule has 0 spiro atoms. The van der Waals surface area contributed by atoms with Crippen LogP contribution in [0.1, 0.15) is 11.7 Å². The van der Waals surface area contributed by atoms with Crippen molar-refractivity contribution < 1.29 is 23.4 Å². The van der Waals surface area contributed by atoms with Gasteiger partial charge in [-0.15, -0.1) is 0 Å². The average Bonchev–Trinajstić information content (AvgIpc) is 3.10. The Balaban J connectivity index is 1.30. The topological polar surface area (TPSA) is 124 Å². The number of aliphatic hydroxyl groups is 1. The molecule has 0 radical (unpaired) electrons. The highest BCUT2D eigenvalue weighted by atomic mass is 35.5. The minimum atomic E-state index is -3.48. The molecule has 0 saturated carbocycles. The van der Waals surface area contributed by atoms with Gasteiger partial charge in [-0.3, -0.25) is 4.72 Å². The van der Waals surface area contributed by atoms with Gasteiger partial charge in [-0.1, -0.05) is 17.7 Å². The van der Waals surface area contributed by atoms with Gasteiger partial charge in [0.2, 0.25) is 10.0 Å². The first-order chi connectivity index (χ1) is 15.7. The number of ether oxygens (including phenoxy) is 1. The minimum absolute atomic E-state index is 0.209. The van der Waals surface area contributed by atoms with E-state index in [-0.39, 0.29) is 23.0 Å². The molecule has 0 amide bonds. The van der Waals surface area contributed by atoms with Gasteiger partial charge in [0.1, 0.15) is 18.1 Å². The predicted molar refractivity (Wildman–Crippen MR) is 131 cm³/mol. The third-order valence-corrected chi connectivity index (χ3v) is 6.03. The Hall–Kier alpha value is -2.98. The fourth-order valence-corrected chi connectivity index (χ4v) is 4.38. The van der Waals surface area contributed by atoms with Crippen LogP contribution in [0.5, 0.6) is 11.5 Å². The maximum atomic E-state index is 11.5. The molecule has 4 aromatic rings. The Morgan fingerprint density at radius 2 is 1.79 bits per heavy atom. The number of H-pyrrole nitrogens is 1. The molecule has 0 bridgehead atoms. The SMILES string of the molecule is CS(=O)(=O)Nc1cc([C@H](O)CNCCOc2ccc3c(c2)[nH]c2cc(O)ccc23)ccc1Cl. The van der Waals surface area contributed by atoms with E-state index in [4.69, 9.17) is 16.3 Å². The number of halogens is 1. The van der Waals surface area contributed by atoms with E-state index < -0.39 is 16.1 Å². The van der Waals surface area contributed by atoms with Crippen LogP contribution in [0.25, 0.3) is 21.8 Å². The molecule has 0 aliphatic heterocycles. The third kappa shape index (κ3) is 5.69. The van der Waals surface area contributed by atoms with Crippen LogP contribution < -0.4 is 14.8 Å². The molecule has 174 valence electrons. The number of sulfonamides is 1. The summed E-state index contributed by atoms with van der Waals surface area (Å²) in [5.41, 5.74) is 2.53. The van der Waals surface area contributed by atoms with E-state index in [1.54, 1.807) is 18.2 Å². The lowest BCUT2D eigenvalue weighted by molar-refractivity contribution is 0.172. The first kappa shape index (κ1) is 23.2. The minimum Gasteiger partial charge on any atom is -0.508 e. The number of rotatable bonds is 9. The van der Waals surface area contributed by atoms with Crippen molar-refractivity contribution in [2.45, 2.75) is 6.10 Å². The summed E-state index contributed by atoms with van der Waals surface area (Å²) >= 11 is 6.02. The van der Waals surface area contributed by atoms with Gasteiger partial charge < -0.3 is 25.3 Å². The summed E-state index contributed by atoms with van der Waals surface area (Å²) in [6.07, 6.45) is 0.191. The first-order valence-corrected chi connectivity index (χ1v) is 12.5. The van der Waals surface area contributed by atoms with Gasteiger partial charge in [0, 0.05) is 36.0 Å². The van der Waals surface area contributed by atoms with Gasteiger partial charge in [-0.2, -0.15) is 0 Å². The van der Waals surface area contributed by atoms with E-state index in [0.717, 1.165) is 28.1 Å². The highest BCUT2D eigenvalue weighted by Gasteiger charge is 2.12. The number of hydrogen-bond donors (Lipinski definition) is 5. The Morgan fingerprint density at radius 1 is 1.06 bits per heavy atom. The van der Waals surface area contributed by atoms with Crippen LogP contribution in [-0.4, -0.2) is 49.6 Å². The van der Waals surface area contributed by atoms with Gasteiger partial charge in [0.05, 0.1) is 34.1 Å². The maximum absolute atomic E-state index is 11.5. The fraction of sp³-hybridized carbons (Fsp3) is 0.217. The fourth-order valence-electron chi connectivity index (χ4n) is 3.59. The zero-order chi connectivity index (χ0) is 23.6. The van der Waals surface area contributed by atoms with Crippen molar-refractivity contribution in [3.63, 3.8) is 0 Å². The van der Waals surface area contributed by atoms with Crippen LogP contribution in [0, 0.1) is 0 Å². The quantitative estimate of drug-likeness (QED) is 0.228. The van der Waals surface area contributed by atoms with E-state index in [1.165, 1.54) is 12.1 Å². The van der Waals surface area contributed by atoms with Crippen molar-refractivity contribution in [3.05, 3.63) is 65.2 Å². The van der Waals surface area contributed by atoms with Gasteiger partial charge in [0.25, 0.3) is 0 Å². The van der Waals surface area contributed by atoms with Crippen molar-refractivity contribution in [1.29, 1.82) is 0 Å². The normalized spacial score (nSPS) is 12.8. The van der Waals surface area contributed by atoms with Crippen LogP contribution in [0.4, 0.5) is 5.69 Å². The molecule has 1 atom stereocenters. The summed E-state index contributed by atoms with van der Waals surface area (Å²) in [6, 6.07) is 15.7. The number of fused-ring (bicyclic) bond motifs is 3. The molecule has 10 heteroatoms. The highest BCUT2D eigenvalue weighted by Crippen LogP contribution is 2.30. The Labute approximate surface area is 196 Å². The van der Waals surface area contributed by atoms with Crippen LogP contribution in [-0.2, 0) is 10.0 Å². The van der Waals surface area contributed by atoms with Crippen molar-refractivity contribution in [2.75, 3.05) is 30.7 Å². The van der Waals surface area contributed by atoms with Gasteiger partial charge in [-0.05, 0) is 42.0 Å². The predicted octanol–water partition coefficient (Wildman–Crippen LogP) is 3.75. The maximum Gasteiger partial charge on any atom is 0.229 e. The van der Waals surface area contributed by atoms with Gasteiger partial charge >= 0.3 is 0 Å². The smallest absolute Gasteiger partial charge is 0.229 e. The van der Waals surface area contributed by atoms with Crippen LogP contribution in [0.3, 0.4) is 0 Å². The molecule has 3 aromatic carbocycles. The molecule has 0 unspecified atom stereocenters. The van der Waals surface area contributed by atoms with Crippen molar-refractivity contribution in [1.82, 2.24) is 10.3 Å². The molecule has 0 aliphatic rings. The monoisotopic (exact) mass is 489 g/mol. The number of aromatic amines is 1. The third-order valence-electron chi connectivity index (χ3n) is 5.11. The summed E-state index contributed by atoms with van der Waals surface area (Å²) in [5.74, 6) is 0.912. The largest absolute Gasteiger partial charge is 0.508 e. The number of aromatic nitrogens is 1. The van der Waals surface area contributed by atoms with E-state index >= 15 is 0 Å². The van der Waals surface area contributed by atoms with E-state index in [1.807, 2.05) is 24.3 Å². The van der Waals surface area contributed by atoms with Crippen molar-refractivity contribution in [3.8, 4) is 11.5 Å². The molecule has 0 saturated heterocycles. The molecule has 0 aliphatic carbocycles. The zero-order valence-electron chi connectivity index (χ0n) is 17.8. The van der Waals surface area contributed by atoms with Crippen molar-refractivity contribution in [2.24, 2.45) is 0 Å². The van der Waals surface area contributed by atoms with E-state index in [0.29, 0.717) is 24.5 Å². The Bertz CT molecular complexity index is 1400. The summed E-state index contributed by atoms with van der Waals surface area (Å²) in [5, 5.41) is 25.5. The highest BCUT2D eigenvalue weighted by molar-refractivity contribution is 7.92. The number of aliphatic hydroxyl groups excluding tert-OH is 1. The molecular formula is C23H24ClN3O5S. The zero-order valence-corrected chi connectivity index (χ0v) is 19.4. The molecular weight excluding hydrogens is 466 g/mol. The van der Waals surface area contributed by atoms with Crippen LogP contribution in [0.15, 0.2) is 54.6 Å². The summed E-state index contributed by atoms with van der Waals surface area (Å²) in [4.78, 5) is 3.28. The second-order valence-corrected chi connectivity index (χ2v) is 9.90. The second kappa shape index (κ2) is 9.48. The second-order valence-electron chi connectivity index (χ2n) is 7.74. The number of aromatic hydroxyl groups is 1. The van der Waals surface area contributed by atoms with Gasteiger partial charge in [0.15, 0.2) is 0 Å². The molecule has 5 N–H and O–H groups in total. The van der Waals surface area contributed by atoms with Crippen LogP contribution >= 0.6 is 11.6 Å².